The molecule has 1 aliphatic carbocycles. The number of hydrogen-bond acceptors (Lipinski definition) is 7. The molecular formula is C26H27ClF2N6OS. The van der Waals surface area contributed by atoms with Crippen molar-refractivity contribution in [3.8, 4) is 10.4 Å². The van der Waals surface area contributed by atoms with Crippen LogP contribution in [0, 0.1) is 5.92 Å². The topological polar surface area (TPSA) is 105 Å². The summed E-state index contributed by atoms with van der Waals surface area (Å²) >= 11 is 7.90. The normalized spacial score (nSPS) is 25.7. The fraction of sp³-hybridized carbons (Fsp3) is 0.385. The number of halogens is 3. The molecule has 4 N–H and O–H groups in total. The van der Waals surface area contributed by atoms with Crippen LogP contribution in [0.4, 0.5) is 14.6 Å². The number of aliphatic imine (C=N–C) groups is 1. The monoisotopic (exact) mass is 544 g/mol. The minimum Gasteiger partial charge on any atom is -0.383 e. The average molecular weight is 545 g/mol. The highest BCUT2D eigenvalue weighted by Gasteiger charge is 2.33. The Labute approximate surface area is 222 Å². The summed E-state index contributed by atoms with van der Waals surface area (Å²) < 4.78 is 27.1. The molecule has 0 saturated carbocycles. The molecule has 0 bridgehead atoms. The van der Waals surface area contributed by atoms with Gasteiger partial charge >= 0.3 is 0 Å². The van der Waals surface area contributed by atoms with Crippen molar-refractivity contribution in [1.29, 1.82) is 0 Å². The van der Waals surface area contributed by atoms with Gasteiger partial charge in [0.2, 0.25) is 5.91 Å². The Balaban J connectivity index is 1.22. The van der Waals surface area contributed by atoms with Crippen molar-refractivity contribution in [2.24, 2.45) is 10.9 Å². The van der Waals surface area contributed by atoms with Crippen molar-refractivity contribution in [3.63, 3.8) is 0 Å². The molecular weight excluding hydrogens is 518 g/mol. The molecule has 0 fully saturated rings. The Morgan fingerprint density at radius 2 is 2.03 bits per heavy atom. The highest BCUT2D eigenvalue weighted by molar-refractivity contribution is 7.15. The van der Waals surface area contributed by atoms with Crippen LogP contribution in [-0.4, -0.2) is 52.5 Å². The van der Waals surface area contributed by atoms with E-state index >= 15 is 0 Å². The van der Waals surface area contributed by atoms with Gasteiger partial charge in [0.15, 0.2) is 0 Å². The number of nitrogens with two attached hydrogens (primary N) is 1. The van der Waals surface area contributed by atoms with Gasteiger partial charge in [-0.15, -0.1) is 22.9 Å². The van der Waals surface area contributed by atoms with Crippen molar-refractivity contribution >= 4 is 51.8 Å². The fourth-order valence-electron chi connectivity index (χ4n) is 4.60. The van der Waals surface area contributed by atoms with E-state index in [0.717, 1.165) is 26.2 Å². The van der Waals surface area contributed by atoms with E-state index in [1.54, 1.807) is 23.6 Å². The lowest BCUT2D eigenvalue weighted by atomic mass is 9.94. The molecule has 194 valence electrons. The summed E-state index contributed by atoms with van der Waals surface area (Å²) in [5, 5.41) is 6.70. The number of thiophene rings is 1. The van der Waals surface area contributed by atoms with Gasteiger partial charge in [0.25, 0.3) is 0 Å². The lowest BCUT2D eigenvalue weighted by Crippen LogP contribution is -2.47. The van der Waals surface area contributed by atoms with Crippen LogP contribution in [0.1, 0.15) is 24.1 Å². The SMILES string of the molecule is Nc1ncnc2ccc(-c3ccc(CNC4N=CC(Cl)CC4C(=O)NCC4=CCC(F)C(F)C4)s3)cc12. The minimum absolute atomic E-state index is 0.00160. The Hall–Kier alpha value is -2.95. The molecule has 1 aliphatic heterocycles. The maximum Gasteiger partial charge on any atom is 0.226 e. The summed E-state index contributed by atoms with van der Waals surface area (Å²) in [4.78, 5) is 27.9. The first kappa shape index (κ1) is 25.7. The molecule has 0 spiro atoms. The molecule has 5 rings (SSSR count). The number of alkyl halides is 3. The molecule has 0 radical (unpaired) electrons. The second kappa shape index (κ2) is 11.2. The third-order valence-corrected chi connectivity index (χ3v) is 8.10. The third-order valence-electron chi connectivity index (χ3n) is 6.67. The summed E-state index contributed by atoms with van der Waals surface area (Å²) in [5.41, 5.74) is 8.53. The number of nitrogens with zero attached hydrogens (tertiary/aromatic N) is 3. The van der Waals surface area contributed by atoms with Crippen LogP contribution >= 0.6 is 22.9 Å². The number of rotatable bonds is 7. The van der Waals surface area contributed by atoms with Crippen LogP contribution < -0.4 is 16.4 Å². The summed E-state index contributed by atoms with van der Waals surface area (Å²) in [5.74, 6) is -0.241. The van der Waals surface area contributed by atoms with Crippen LogP contribution in [0.2, 0.25) is 0 Å². The van der Waals surface area contributed by atoms with Crippen LogP contribution in [0.3, 0.4) is 0 Å². The van der Waals surface area contributed by atoms with Gasteiger partial charge in [-0.05, 0) is 42.7 Å². The number of aromatic nitrogens is 2. The number of nitrogens with one attached hydrogen (secondary N) is 2. The van der Waals surface area contributed by atoms with Crippen LogP contribution in [-0.2, 0) is 11.3 Å². The number of carbonyl (C=O) groups excluding carboxylic acids is 1. The molecule has 7 nitrogen and oxygen atoms in total. The molecule has 2 aromatic heterocycles. The quantitative estimate of drug-likeness (QED) is 0.298. The molecule has 0 saturated heterocycles. The zero-order chi connectivity index (χ0) is 25.9. The number of hydrogen-bond donors (Lipinski definition) is 3. The lowest BCUT2D eigenvalue weighted by molar-refractivity contribution is -0.126. The Morgan fingerprint density at radius 1 is 1.16 bits per heavy atom. The molecule has 1 amide bonds. The fourth-order valence-corrected chi connectivity index (χ4v) is 5.81. The molecule has 1 aromatic carbocycles. The Morgan fingerprint density at radius 3 is 2.86 bits per heavy atom. The largest absolute Gasteiger partial charge is 0.383 e. The first-order valence-corrected chi connectivity index (χ1v) is 13.4. The summed E-state index contributed by atoms with van der Waals surface area (Å²) in [7, 11) is 0. The molecule has 3 aromatic rings. The van der Waals surface area contributed by atoms with Gasteiger partial charge in [-0.25, -0.2) is 18.7 Å². The molecule has 5 atom stereocenters. The molecule has 11 heteroatoms. The third kappa shape index (κ3) is 5.97. The summed E-state index contributed by atoms with van der Waals surface area (Å²) in [6.07, 6.45) is 1.82. The van der Waals surface area contributed by atoms with Crippen molar-refractivity contribution in [2.45, 2.75) is 49.7 Å². The second-order valence-electron chi connectivity index (χ2n) is 9.29. The highest BCUT2D eigenvalue weighted by Crippen LogP contribution is 2.32. The number of carbonyl (C=O) groups is 1. The molecule has 2 aliphatic rings. The van der Waals surface area contributed by atoms with E-state index in [-0.39, 0.29) is 30.7 Å². The summed E-state index contributed by atoms with van der Waals surface area (Å²) in [6.45, 7) is 0.719. The first-order valence-electron chi connectivity index (χ1n) is 12.1. The minimum atomic E-state index is -1.52. The number of amides is 1. The van der Waals surface area contributed by atoms with Crippen LogP contribution in [0.25, 0.3) is 21.3 Å². The number of anilines is 1. The van der Waals surface area contributed by atoms with Crippen LogP contribution in [0.15, 0.2) is 53.3 Å². The summed E-state index contributed by atoms with van der Waals surface area (Å²) in [6, 6.07) is 10.0. The van der Waals surface area contributed by atoms with E-state index in [1.807, 2.05) is 30.3 Å². The van der Waals surface area contributed by atoms with Gasteiger partial charge in [0.1, 0.15) is 30.7 Å². The van der Waals surface area contributed by atoms with Gasteiger partial charge in [-0.2, -0.15) is 0 Å². The zero-order valence-electron chi connectivity index (χ0n) is 19.9. The van der Waals surface area contributed by atoms with Gasteiger partial charge in [0.05, 0.1) is 16.8 Å². The van der Waals surface area contributed by atoms with Crippen molar-refractivity contribution in [1.82, 2.24) is 20.6 Å². The second-order valence-corrected chi connectivity index (χ2v) is 11.0. The smallest absolute Gasteiger partial charge is 0.226 e. The average Bonchev–Trinajstić information content (AvgIpc) is 3.37. The van der Waals surface area contributed by atoms with Crippen molar-refractivity contribution in [2.75, 3.05) is 12.3 Å². The van der Waals surface area contributed by atoms with Gasteiger partial charge in [-0.1, -0.05) is 17.7 Å². The number of allylic oxidation sites excluding steroid dienone is 1. The van der Waals surface area contributed by atoms with Gasteiger partial charge in [-0.3, -0.25) is 15.1 Å². The molecule has 37 heavy (non-hydrogen) atoms. The Bertz CT molecular complexity index is 1350. The van der Waals surface area contributed by atoms with Gasteiger partial charge < -0.3 is 11.1 Å². The number of fused-ring (bicyclic) bond motifs is 1. The number of benzene rings is 1. The van der Waals surface area contributed by atoms with E-state index in [1.165, 1.54) is 6.33 Å². The zero-order valence-corrected chi connectivity index (χ0v) is 21.5. The van der Waals surface area contributed by atoms with E-state index in [9.17, 15) is 13.6 Å². The Kier molecular flexibility index (Phi) is 7.78. The van der Waals surface area contributed by atoms with Crippen molar-refractivity contribution < 1.29 is 13.6 Å². The maximum atomic E-state index is 13.7. The molecule has 3 heterocycles. The predicted molar refractivity (Wildman–Crippen MR) is 144 cm³/mol. The highest BCUT2D eigenvalue weighted by atomic mass is 35.5. The van der Waals surface area contributed by atoms with E-state index in [0.29, 0.717) is 24.4 Å². The predicted octanol–water partition coefficient (Wildman–Crippen LogP) is 4.57. The van der Waals surface area contributed by atoms with E-state index < -0.39 is 24.4 Å². The number of nitrogen functional groups attached to an aromatic ring is 1. The first-order chi connectivity index (χ1) is 17.9. The molecule has 5 unspecified atom stereocenters. The maximum absolute atomic E-state index is 13.7. The standard InChI is InChI=1S/C26H27ClF2N6OS/c27-16-9-19(26(36)33-10-14-1-4-20(28)21(29)7-14)25(31-11-16)32-12-17-3-6-23(37-17)15-2-5-22-18(8-15)24(30)35-13-34-22/h1-3,5-6,8,11,13,16,19-21,25,32H,4,7,9-10,12H2,(H,33,36)(H2,30,34,35). The van der Waals surface area contributed by atoms with E-state index in [4.69, 9.17) is 17.3 Å². The lowest BCUT2D eigenvalue weighted by Gasteiger charge is -2.29. The van der Waals surface area contributed by atoms with Gasteiger partial charge in [0, 0.05) is 40.9 Å². The van der Waals surface area contributed by atoms with Crippen LogP contribution in [0.5, 0.6) is 0 Å². The van der Waals surface area contributed by atoms with Crippen molar-refractivity contribution in [3.05, 3.63) is 53.2 Å². The van der Waals surface area contributed by atoms with E-state index in [2.05, 4.69) is 25.6 Å².